The van der Waals surface area contributed by atoms with E-state index in [4.69, 9.17) is 4.74 Å². The fourth-order valence-electron chi connectivity index (χ4n) is 0.759. The molecule has 0 amide bonds. The second-order valence-electron chi connectivity index (χ2n) is 2.62. The first-order valence-corrected chi connectivity index (χ1v) is 4.69. The van der Waals surface area contributed by atoms with Gasteiger partial charge in [-0.15, -0.1) is 9.24 Å². The lowest BCUT2D eigenvalue weighted by Gasteiger charge is -2.26. The van der Waals surface area contributed by atoms with Gasteiger partial charge in [-0.25, -0.2) is 0 Å². The van der Waals surface area contributed by atoms with Gasteiger partial charge in [0.05, 0.1) is 5.34 Å². The lowest BCUT2D eigenvalue weighted by atomic mass is 10.2. The van der Waals surface area contributed by atoms with Crippen LogP contribution in [-0.4, -0.2) is 11.9 Å². The van der Waals surface area contributed by atoms with Crippen LogP contribution >= 0.6 is 9.24 Å². The molecule has 0 rings (SSSR count). The summed E-state index contributed by atoms with van der Waals surface area (Å²) in [6, 6.07) is 0. The van der Waals surface area contributed by atoms with Gasteiger partial charge < -0.3 is 4.74 Å². The molecule has 0 aliphatic rings. The van der Waals surface area contributed by atoms with Gasteiger partial charge in [-0.05, 0) is 19.3 Å². The van der Waals surface area contributed by atoms with Crippen molar-refractivity contribution in [2.45, 2.75) is 45.4 Å². The Labute approximate surface area is 66.7 Å². The zero-order valence-electron chi connectivity index (χ0n) is 7.31. The highest BCUT2D eigenvalue weighted by Crippen LogP contribution is 2.27. The Hall–Kier alpha value is 0.390. The molecule has 0 fully saturated rings. The van der Waals surface area contributed by atoms with Crippen molar-refractivity contribution in [1.82, 2.24) is 0 Å². The van der Waals surface area contributed by atoms with E-state index in [1.165, 1.54) is 0 Å². The van der Waals surface area contributed by atoms with Crippen LogP contribution in [0.2, 0.25) is 0 Å². The highest BCUT2D eigenvalue weighted by atomic mass is 31.0. The average Bonchev–Trinajstić information content (AvgIpc) is 2.00. The number of ether oxygens (including phenoxy) is 1. The molecule has 0 bridgehead atoms. The Kier molecular flexibility index (Phi) is 5.29. The third-order valence-corrected chi connectivity index (χ3v) is 2.77. The van der Waals surface area contributed by atoms with E-state index in [2.05, 4.69) is 30.0 Å². The van der Waals surface area contributed by atoms with E-state index in [0.717, 1.165) is 25.9 Å². The summed E-state index contributed by atoms with van der Waals surface area (Å²) in [5.74, 6) is 0. The van der Waals surface area contributed by atoms with Crippen LogP contribution in [0.1, 0.15) is 40.0 Å². The molecule has 0 aliphatic heterocycles. The van der Waals surface area contributed by atoms with Crippen molar-refractivity contribution in [3.63, 3.8) is 0 Å². The highest BCUT2D eigenvalue weighted by molar-refractivity contribution is 7.18. The minimum absolute atomic E-state index is 0.0516. The van der Waals surface area contributed by atoms with Gasteiger partial charge in [0.2, 0.25) is 0 Å². The van der Waals surface area contributed by atoms with Gasteiger partial charge in [-0.3, -0.25) is 0 Å². The summed E-state index contributed by atoms with van der Waals surface area (Å²) in [5.41, 5.74) is 0. The van der Waals surface area contributed by atoms with Crippen molar-refractivity contribution in [2.24, 2.45) is 0 Å². The standard InChI is InChI=1S/C8H19OP/c1-4-7-9-8(10,5-2)6-3/h4-7,10H2,1-3H3. The van der Waals surface area contributed by atoms with Crippen molar-refractivity contribution in [3.8, 4) is 0 Å². The van der Waals surface area contributed by atoms with Gasteiger partial charge in [0, 0.05) is 6.61 Å². The normalized spacial score (nSPS) is 12.0. The van der Waals surface area contributed by atoms with Gasteiger partial charge in [0.15, 0.2) is 0 Å². The molecule has 1 nitrogen and oxygen atoms in total. The molecule has 1 unspecified atom stereocenters. The topological polar surface area (TPSA) is 9.23 Å². The van der Waals surface area contributed by atoms with E-state index in [1.807, 2.05) is 0 Å². The molecule has 0 aromatic heterocycles. The van der Waals surface area contributed by atoms with Gasteiger partial charge >= 0.3 is 0 Å². The minimum atomic E-state index is 0.0516. The van der Waals surface area contributed by atoms with Gasteiger partial charge in [-0.1, -0.05) is 20.8 Å². The summed E-state index contributed by atoms with van der Waals surface area (Å²) in [7, 11) is 2.80. The lowest BCUT2D eigenvalue weighted by Crippen LogP contribution is -2.22. The van der Waals surface area contributed by atoms with Crippen molar-refractivity contribution < 1.29 is 4.74 Å². The van der Waals surface area contributed by atoms with Gasteiger partial charge in [0.1, 0.15) is 0 Å². The average molecular weight is 162 g/mol. The fourth-order valence-corrected chi connectivity index (χ4v) is 0.877. The first-order valence-electron chi connectivity index (χ1n) is 4.11. The molecule has 2 heteroatoms. The molecule has 1 atom stereocenters. The van der Waals surface area contributed by atoms with E-state index >= 15 is 0 Å². The largest absolute Gasteiger partial charge is 0.371 e. The van der Waals surface area contributed by atoms with E-state index in [9.17, 15) is 0 Å². The van der Waals surface area contributed by atoms with Crippen LogP contribution < -0.4 is 0 Å². The Morgan fingerprint density at radius 1 is 1.20 bits per heavy atom. The molecule has 0 radical (unpaired) electrons. The molecular formula is C8H19OP. The number of hydrogen-bond donors (Lipinski definition) is 0. The maximum absolute atomic E-state index is 5.64. The third kappa shape index (κ3) is 3.53. The maximum Gasteiger partial charge on any atom is 0.0807 e. The Morgan fingerprint density at radius 3 is 2.00 bits per heavy atom. The Balaban J connectivity index is 3.58. The predicted octanol–water partition coefficient (Wildman–Crippen LogP) is 2.80. The first kappa shape index (κ1) is 10.4. The maximum atomic E-state index is 5.64. The van der Waals surface area contributed by atoms with Crippen LogP contribution in [-0.2, 0) is 4.74 Å². The molecule has 0 aromatic rings. The van der Waals surface area contributed by atoms with Crippen LogP contribution in [0.25, 0.3) is 0 Å². The zero-order chi connectivity index (χ0) is 8.04. The summed E-state index contributed by atoms with van der Waals surface area (Å²) in [5, 5.41) is 0.0516. The molecule has 0 aromatic carbocycles. The summed E-state index contributed by atoms with van der Waals surface area (Å²) in [6.45, 7) is 7.33. The van der Waals surface area contributed by atoms with Crippen molar-refractivity contribution in [2.75, 3.05) is 6.61 Å². The molecule has 0 spiro atoms. The van der Waals surface area contributed by atoms with Gasteiger partial charge in [0.25, 0.3) is 0 Å². The van der Waals surface area contributed by atoms with E-state index in [-0.39, 0.29) is 5.34 Å². The van der Waals surface area contributed by atoms with Crippen molar-refractivity contribution >= 4 is 9.24 Å². The van der Waals surface area contributed by atoms with E-state index < -0.39 is 0 Å². The SMILES string of the molecule is CCCOC(P)(CC)CC. The minimum Gasteiger partial charge on any atom is -0.371 e. The monoisotopic (exact) mass is 162 g/mol. The molecule has 0 heterocycles. The van der Waals surface area contributed by atoms with E-state index in [0.29, 0.717) is 0 Å². The van der Waals surface area contributed by atoms with Crippen LogP contribution in [0, 0.1) is 0 Å². The van der Waals surface area contributed by atoms with Gasteiger partial charge in [-0.2, -0.15) is 0 Å². The molecule has 10 heavy (non-hydrogen) atoms. The molecule has 0 aliphatic carbocycles. The van der Waals surface area contributed by atoms with Crippen LogP contribution in [0.15, 0.2) is 0 Å². The highest BCUT2D eigenvalue weighted by Gasteiger charge is 2.18. The Morgan fingerprint density at radius 2 is 1.70 bits per heavy atom. The second kappa shape index (κ2) is 5.09. The summed E-state index contributed by atoms with van der Waals surface area (Å²) >= 11 is 0. The van der Waals surface area contributed by atoms with Crippen LogP contribution in [0.5, 0.6) is 0 Å². The van der Waals surface area contributed by atoms with Crippen molar-refractivity contribution in [1.29, 1.82) is 0 Å². The molecule has 0 N–H and O–H groups in total. The van der Waals surface area contributed by atoms with Crippen molar-refractivity contribution in [3.05, 3.63) is 0 Å². The number of hydrogen-bond acceptors (Lipinski definition) is 1. The molecular weight excluding hydrogens is 143 g/mol. The Bertz CT molecular complexity index is 79.3. The molecule has 62 valence electrons. The molecule has 0 saturated carbocycles. The lowest BCUT2D eigenvalue weighted by molar-refractivity contribution is 0.0198. The fraction of sp³-hybridized carbons (Fsp3) is 1.00. The zero-order valence-corrected chi connectivity index (χ0v) is 8.47. The predicted molar refractivity (Wildman–Crippen MR) is 49.3 cm³/mol. The summed E-state index contributed by atoms with van der Waals surface area (Å²) in [6.07, 6.45) is 3.26. The summed E-state index contributed by atoms with van der Waals surface area (Å²) in [4.78, 5) is 0. The number of rotatable bonds is 5. The molecule has 0 saturated heterocycles. The van der Waals surface area contributed by atoms with E-state index in [1.54, 1.807) is 0 Å². The second-order valence-corrected chi connectivity index (χ2v) is 3.67. The quantitative estimate of drug-likeness (QED) is 0.565. The smallest absolute Gasteiger partial charge is 0.0807 e. The van der Waals surface area contributed by atoms with Crippen LogP contribution in [0.4, 0.5) is 0 Å². The van der Waals surface area contributed by atoms with Crippen LogP contribution in [0.3, 0.4) is 0 Å². The summed E-state index contributed by atoms with van der Waals surface area (Å²) < 4.78 is 5.64. The third-order valence-electron chi connectivity index (χ3n) is 1.79. The first-order chi connectivity index (χ1) is 4.68.